The van der Waals surface area contributed by atoms with Crippen molar-refractivity contribution < 1.29 is 4.79 Å². The number of nitrogens with one attached hydrogen (secondary N) is 2. The number of thiophene rings is 1. The third-order valence-corrected chi connectivity index (χ3v) is 3.44. The first kappa shape index (κ1) is 12.8. The lowest BCUT2D eigenvalue weighted by Gasteiger charge is -2.04. The van der Waals surface area contributed by atoms with Crippen molar-refractivity contribution in [3.05, 3.63) is 45.4 Å². The van der Waals surface area contributed by atoms with Crippen LogP contribution in [-0.2, 0) is 6.54 Å². The number of hydrogen-bond donors (Lipinski definition) is 3. The van der Waals surface area contributed by atoms with E-state index in [0.717, 1.165) is 4.88 Å². The highest BCUT2D eigenvalue weighted by Crippen LogP contribution is 2.21. The summed E-state index contributed by atoms with van der Waals surface area (Å²) in [5.41, 5.74) is 3.41. The van der Waals surface area contributed by atoms with E-state index in [4.69, 9.17) is 17.4 Å². The van der Waals surface area contributed by atoms with Crippen LogP contribution in [0.15, 0.2) is 30.5 Å². The minimum absolute atomic E-state index is 0.253. The minimum Gasteiger partial charge on any atom is -0.346 e. The lowest BCUT2D eigenvalue weighted by atomic mass is 10.3. The number of nitrogen functional groups attached to an aromatic ring is 1. The first-order chi connectivity index (χ1) is 8.69. The van der Waals surface area contributed by atoms with Crippen LogP contribution in [0, 0.1) is 0 Å². The molecule has 0 unspecified atom stereocenters. The molecule has 0 aliphatic carbocycles. The van der Waals surface area contributed by atoms with Crippen LogP contribution < -0.4 is 16.6 Å². The molecule has 0 saturated carbocycles. The van der Waals surface area contributed by atoms with Crippen molar-refractivity contribution >= 4 is 34.5 Å². The molecular weight excluding hydrogens is 272 g/mol. The first-order valence-corrected chi connectivity index (χ1v) is 6.33. The molecule has 0 aliphatic rings. The molecule has 18 heavy (non-hydrogen) atoms. The van der Waals surface area contributed by atoms with Gasteiger partial charge in [0.1, 0.15) is 5.69 Å². The minimum atomic E-state index is -0.253. The van der Waals surface area contributed by atoms with E-state index in [2.05, 4.69) is 15.7 Å². The first-order valence-electron chi connectivity index (χ1n) is 5.14. The fraction of sp³-hybridized carbons (Fsp3) is 0.0909. The van der Waals surface area contributed by atoms with Crippen molar-refractivity contribution in [3.8, 4) is 0 Å². The molecule has 2 heterocycles. The Bertz CT molecular complexity index is 557. The smallest absolute Gasteiger partial charge is 0.270 e. The van der Waals surface area contributed by atoms with Crippen molar-refractivity contribution in [2.75, 3.05) is 5.43 Å². The van der Waals surface area contributed by atoms with Gasteiger partial charge in [0.25, 0.3) is 5.91 Å². The number of anilines is 1. The van der Waals surface area contributed by atoms with Crippen LogP contribution in [-0.4, -0.2) is 10.9 Å². The molecule has 0 saturated heterocycles. The zero-order valence-electron chi connectivity index (χ0n) is 9.31. The van der Waals surface area contributed by atoms with Gasteiger partial charge in [-0.05, 0) is 24.3 Å². The van der Waals surface area contributed by atoms with Gasteiger partial charge in [0.05, 0.1) is 16.6 Å². The van der Waals surface area contributed by atoms with Crippen LogP contribution in [0.25, 0.3) is 0 Å². The number of nitrogens with two attached hydrogens (primary N) is 1. The van der Waals surface area contributed by atoms with Gasteiger partial charge < -0.3 is 10.7 Å². The Morgan fingerprint density at radius 2 is 2.28 bits per heavy atom. The van der Waals surface area contributed by atoms with Crippen LogP contribution in [0.1, 0.15) is 15.4 Å². The van der Waals surface area contributed by atoms with Gasteiger partial charge in [0.15, 0.2) is 0 Å². The highest BCUT2D eigenvalue weighted by Gasteiger charge is 2.08. The summed E-state index contributed by atoms with van der Waals surface area (Å²) in [6.07, 6.45) is 1.52. The molecule has 0 fully saturated rings. The zero-order valence-corrected chi connectivity index (χ0v) is 10.9. The largest absolute Gasteiger partial charge is 0.346 e. The highest BCUT2D eigenvalue weighted by molar-refractivity contribution is 7.16. The Balaban J connectivity index is 1.99. The second-order valence-corrected chi connectivity index (χ2v) is 5.26. The quantitative estimate of drug-likeness (QED) is 0.592. The summed E-state index contributed by atoms with van der Waals surface area (Å²) in [6.45, 7) is 0.429. The van der Waals surface area contributed by atoms with Gasteiger partial charge in [-0.2, -0.15) is 0 Å². The van der Waals surface area contributed by atoms with Crippen LogP contribution in [0.2, 0.25) is 4.34 Å². The third-order valence-electron chi connectivity index (χ3n) is 2.21. The topological polar surface area (TPSA) is 80.0 Å². The molecule has 5 nitrogen and oxygen atoms in total. The van der Waals surface area contributed by atoms with E-state index in [1.165, 1.54) is 17.5 Å². The van der Waals surface area contributed by atoms with Gasteiger partial charge in [-0.25, -0.2) is 0 Å². The van der Waals surface area contributed by atoms with Crippen molar-refractivity contribution in [1.82, 2.24) is 10.3 Å². The predicted octanol–water partition coefficient (Wildman–Crippen LogP) is 2.01. The molecule has 0 aliphatic heterocycles. The van der Waals surface area contributed by atoms with Crippen LogP contribution in [0.5, 0.6) is 0 Å². The van der Waals surface area contributed by atoms with Gasteiger partial charge in [-0.1, -0.05) is 11.6 Å². The van der Waals surface area contributed by atoms with Crippen molar-refractivity contribution in [2.24, 2.45) is 5.84 Å². The molecule has 0 atom stereocenters. The Labute approximate surface area is 113 Å². The molecule has 94 valence electrons. The predicted molar refractivity (Wildman–Crippen MR) is 72.5 cm³/mol. The molecule has 7 heteroatoms. The lowest BCUT2D eigenvalue weighted by Crippen LogP contribution is -2.23. The van der Waals surface area contributed by atoms with E-state index in [1.807, 2.05) is 6.07 Å². The number of pyridine rings is 1. The summed E-state index contributed by atoms with van der Waals surface area (Å²) in [7, 11) is 0. The maximum Gasteiger partial charge on any atom is 0.270 e. The number of carbonyl (C=O) groups is 1. The number of rotatable bonds is 4. The summed E-state index contributed by atoms with van der Waals surface area (Å²) < 4.78 is 0.701. The van der Waals surface area contributed by atoms with E-state index in [9.17, 15) is 4.79 Å². The number of halogens is 1. The van der Waals surface area contributed by atoms with E-state index < -0.39 is 0 Å². The number of hydrogen-bond acceptors (Lipinski definition) is 5. The lowest BCUT2D eigenvalue weighted by molar-refractivity contribution is 0.0946. The summed E-state index contributed by atoms with van der Waals surface area (Å²) in [5, 5.41) is 2.76. The van der Waals surface area contributed by atoms with E-state index in [1.54, 1.807) is 18.2 Å². The van der Waals surface area contributed by atoms with Gasteiger partial charge >= 0.3 is 0 Å². The highest BCUT2D eigenvalue weighted by atomic mass is 35.5. The molecule has 0 aromatic carbocycles. The average Bonchev–Trinajstić information content (AvgIpc) is 2.82. The van der Waals surface area contributed by atoms with Gasteiger partial charge in [0, 0.05) is 11.1 Å². The molecule has 2 aromatic rings. The number of carbonyl (C=O) groups excluding carboxylic acids is 1. The molecule has 0 bridgehead atoms. The zero-order chi connectivity index (χ0) is 13.0. The number of nitrogens with zero attached hydrogens (tertiary/aromatic N) is 1. The summed E-state index contributed by atoms with van der Waals surface area (Å²) >= 11 is 7.23. The van der Waals surface area contributed by atoms with Gasteiger partial charge in [-0.15, -0.1) is 11.3 Å². The number of hydrazine groups is 1. The Morgan fingerprint density at radius 1 is 1.44 bits per heavy atom. The Hall–Kier alpha value is -1.63. The van der Waals surface area contributed by atoms with Gasteiger partial charge in [-0.3, -0.25) is 15.6 Å². The van der Waals surface area contributed by atoms with E-state index >= 15 is 0 Å². The maximum absolute atomic E-state index is 11.8. The normalized spacial score (nSPS) is 10.1. The standard InChI is InChI=1S/C11H11ClN4OS/c12-10-2-1-8(18-10)6-15-11(17)9-5-7(16-13)3-4-14-9/h1-5H,6,13H2,(H,14,16)(H,15,17). The number of amides is 1. The summed E-state index contributed by atoms with van der Waals surface area (Å²) in [4.78, 5) is 16.8. The second kappa shape index (κ2) is 5.81. The molecule has 0 radical (unpaired) electrons. The molecule has 0 spiro atoms. The van der Waals surface area contributed by atoms with E-state index in [0.29, 0.717) is 22.3 Å². The van der Waals surface area contributed by atoms with Crippen LogP contribution in [0.3, 0.4) is 0 Å². The maximum atomic E-state index is 11.8. The molecule has 1 amide bonds. The van der Waals surface area contributed by atoms with Gasteiger partial charge in [0.2, 0.25) is 0 Å². The molecule has 2 aromatic heterocycles. The summed E-state index contributed by atoms with van der Waals surface area (Å²) in [5.74, 6) is 5.01. The summed E-state index contributed by atoms with van der Waals surface area (Å²) in [6, 6.07) is 6.93. The molecule has 4 N–H and O–H groups in total. The molecule has 2 rings (SSSR count). The fourth-order valence-corrected chi connectivity index (χ4v) is 2.38. The Morgan fingerprint density at radius 3 is 2.94 bits per heavy atom. The number of aromatic nitrogens is 1. The monoisotopic (exact) mass is 282 g/mol. The average molecular weight is 283 g/mol. The fourth-order valence-electron chi connectivity index (χ4n) is 1.35. The van der Waals surface area contributed by atoms with Crippen molar-refractivity contribution in [2.45, 2.75) is 6.54 Å². The SMILES string of the molecule is NNc1ccnc(C(=O)NCc2ccc(Cl)s2)c1. The molecular formula is C11H11ClN4OS. The van der Waals surface area contributed by atoms with Crippen LogP contribution in [0.4, 0.5) is 5.69 Å². The van der Waals surface area contributed by atoms with Crippen LogP contribution >= 0.6 is 22.9 Å². The second-order valence-electron chi connectivity index (χ2n) is 3.46. The Kier molecular flexibility index (Phi) is 4.14. The van der Waals surface area contributed by atoms with Crippen molar-refractivity contribution in [1.29, 1.82) is 0 Å². The van der Waals surface area contributed by atoms with E-state index in [-0.39, 0.29) is 5.91 Å². The third kappa shape index (κ3) is 3.19. The van der Waals surface area contributed by atoms with Crippen molar-refractivity contribution in [3.63, 3.8) is 0 Å².